The van der Waals surface area contributed by atoms with E-state index in [1.165, 1.54) is 0 Å². The van der Waals surface area contributed by atoms with Gasteiger partial charge in [-0.1, -0.05) is 0 Å². The first-order valence-corrected chi connectivity index (χ1v) is 4.98. The molecule has 0 aromatic carbocycles. The first-order valence-electron chi connectivity index (χ1n) is 4.98. The van der Waals surface area contributed by atoms with E-state index in [2.05, 4.69) is 14.7 Å². The molecule has 0 unspecified atom stereocenters. The van der Waals surface area contributed by atoms with Gasteiger partial charge < -0.3 is 25.7 Å². The number of aromatic nitrogens is 2. The van der Waals surface area contributed by atoms with Crippen LogP contribution in [0.5, 0.6) is 11.8 Å². The second-order valence-corrected chi connectivity index (χ2v) is 2.82. The lowest BCUT2D eigenvalue weighted by Gasteiger charge is -2.10. The second kappa shape index (κ2) is 5.73. The minimum absolute atomic E-state index is 0.00546. The Morgan fingerprint density at radius 3 is 2.41 bits per heavy atom. The molecular weight excluding hydrogens is 228 g/mol. The van der Waals surface area contributed by atoms with Crippen molar-refractivity contribution in [2.45, 2.75) is 13.8 Å². The van der Waals surface area contributed by atoms with Crippen LogP contribution in [0.1, 0.15) is 13.8 Å². The predicted molar refractivity (Wildman–Crippen MR) is 59.7 cm³/mol. The third-order valence-electron chi connectivity index (χ3n) is 1.62. The van der Waals surface area contributed by atoms with Crippen molar-refractivity contribution in [3.63, 3.8) is 0 Å². The molecule has 0 bridgehead atoms. The van der Waals surface area contributed by atoms with E-state index in [4.69, 9.17) is 20.9 Å². The molecule has 8 heteroatoms. The quantitative estimate of drug-likeness (QED) is 0.735. The normalized spacial score (nSPS) is 9.76. The number of anilines is 2. The molecule has 1 aromatic heterocycles. The van der Waals surface area contributed by atoms with E-state index in [-0.39, 0.29) is 30.0 Å². The predicted octanol–water partition coefficient (Wildman–Crippen LogP) is 0.575. The smallest absolute Gasteiger partial charge is 0.476 e. The zero-order chi connectivity index (χ0) is 12.8. The molecule has 4 N–H and O–H groups in total. The maximum atomic E-state index is 11.1. The molecule has 1 heterocycles. The van der Waals surface area contributed by atoms with Gasteiger partial charge in [0.25, 0.3) is 5.88 Å². The van der Waals surface area contributed by atoms with Crippen LogP contribution in [0.25, 0.3) is 0 Å². The highest BCUT2D eigenvalue weighted by Gasteiger charge is 2.16. The number of nitrogens with zero attached hydrogens (tertiary/aromatic N) is 2. The summed E-state index contributed by atoms with van der Waals surface area (Å²) in [7, 11) is 0. The maximum absolute atomic E-state index is 11.1. The van der Waals surface area contributed by atoms with Crippen molar-refractivity contribution in [3.05, 3.63) is 0 Å². The minimum Gasteiger partial charge on any atom is -0.476 e. The molecule has 0 saturated carbocycles. The van der Waals surface area contributed by atoms with Gasteiger partial charge in [-0.05, 0) is 13.8 Å². The van der Waals surface area contributed by atoms with Gasteiger partial charge in [-0.3, -0.25) is 0 Å². The Morgan fingerprint density at radius 1 is 1.18 bits per heavy atom. The number of nitrogens with two attached hydrogens (primary N) is 2. The molecule has 0 fully saturated rings. The average molecular weight is 242 g/mol. The van der Waals surface area contributed by atoms with Gasteiger partial charge in [0.1, 0.15) is 0 Å². The molecule has 0 radical (unpaired) electrons. The monoisotopic (exact) mass is 242 g/mol. The van der Waals surface area contributed by atoms with Gasteiger partial charge >= 0.3 is 6.16 Å². The molecule has 17 heavy (non-hydrogen) atoms. The summed E-state index contributed by atoms with van der Waals surface area (Å²) in [5.41, 5.74) is 11.1. The van der Waals surface area contributed by atoms with Crippen LogP contribution in [0, 0.1) is 0 Å². The highest BCUT2D eigenvalue weighted by Crippen LogP contribution is 2.28. The Bertz CT molecular complexity index is 410. The molecule has 1 aromatic rings. The molecule has 94 valence electrons. The topological polar surface area (TPSA) is 123 Å². The summed E-state index contributed by atoms with van der Waals surface area (Å²) in [6, 6.07) is 0. The Morgan fingerprint density at radius 2 is 1.82 bits per heavy atom. The van der Waals surface area contributed by atoms with E-state index >= 15 is 0 Å². The van der Waals surface area contributed by atoms with Crippen LogP contribution in [-0.4, -0.2) is 29.3 Å². The summed E-state index contributed by atoms with van der Waals surface area (Å²) in [6.07, 6.45) is -0.917. The molecule has 0 spiro atoms. The van der Waals surface area contributed by atoms with E-state index in [0.29, 0.717) is 6.61 Å². The van der Waals surface area contributed by atoms with Crippen molar-refractivity contribution >= 4 is 17.8 Å². The van der Waals surface area contributed by atoms with Gasteiger partial charge in [0, 0.05) is 0 Å². The number of carbonyl (C=O) groups excluding carboxylic acids is 1. The van der Waals surface area contributed by atoms with Gasteiger partial charge in [0.15, 0.2) is 5.69 Å². The summed E-state index contributed by atoms with van der Waals surface area (Å²) in [6.45, 7) is 3.92. The van der Waals surface area contributed by atoms with Crippen LogP contribution in [-0.2, 0) is 4.74 Å². The summed E-state index contributed by atoms with van der Waals surface area (Å²) in [4.78, 5) is 18.5. The van der Waals surface area contributed by atoms with Crippen molar-refractivity contribution in [1.82, 2.24) is 9.97 Å². The molecular formula is C9H14N4O4. The van der Waals surface area contributed by atoms with Gasteiger partial charge in [-0.25, -0.2) is 4.79 Å². The van der Waals surface area contributed by atoms with E-state index in [0.717, 1.165) is 0 Å². The first kappa shape index (κ1) is 12.8. The molecule has 0 saturated heterocycles. The third kappa shape index (κ3) is 3.37. The summed E-state index contributed by atoms with van der Waals surface area (Å²) in [5, 5.41) is 0. The van der Waals surface area contributed by atoms with Crippen molar-refractivity contribution in [3.8, 4) is 11.8 Å². The van der Waals surface area contributed by atoms with Crippen molar-refractivity contribution in [2.75, 3.05) is 24.7 Å². The standard InChI is InChI=1S/C9H14N4O4/c1-3-15-6-5(10)7(13-8(11)12-6)17-9(14)16-4-2/h3-4,10H2,1-2H3,(H2,11,12,13). The Labute approximate surface area is 97.9 Å². The Kier molecular flexibility index (Phi) is 4.32. The van der Waals surface area contributed by atoms with E-state index in [1.54, 1.807) is 13.8 Å². The van der Waals surface area contributed by atoms with Crippen molar-refractivity contribution in [2.24, 2.45) is 0 Å². The molecule has 0 amide bonds. The molecule has 8 nitrogen and oxygen atoms in total. The lowest BCUT2D eigenvalue weighted by Crippen LogP contribution is -2.14. The van der Waals surface area contributed by atoms with Crippen LogP contribution in [0.3, 0.4) is 0 Å². The van der Waals surface area contributed by atoms with Gasteiger partial charge in [-0.2, -0.15) is 9.97 Å². The number of nitrogen functional groups attached to an aromatic ring is 2. The SMILES string of the molecule is CCOC(=O)Oc1nc(N)nc(OCC)c1N. The van der Waals surface area contributed by atoms with Gasteiger partial charge in [0.2, 0.25) is 11.8 Å². The maximum Gasteiger partial charge on any atom is 0.515 e. The van der Waals surface area contributed by atoms with Crippen LogP contribution in [0.15, 0.2) is 0 Å². The molecule has 0 atom stereocenters. The molecule has 0 aliphatic carbocycles. The van der Waals surface area contributed by atoms with Crippen LogP contribution in [0.4, 0.5) is 16.4 Å². The fourth-order valence-electron chi connectivity index (χ4n) is 0.996. The Hall–Kier alpha value is -2.25. The van der Waals surface area contributed by atoms with E-state index < -0.39 is 6.16 Å². The second-order valence-electron chi connectivity index (χ2n) is 2.82. The highest BCUT2D eigenvalue weighted by molar-refractivity contribution is 5.68. The first-order chi connectivity index (χ1) is 8.08. The molecule has 1 rings (SSSR count). The number of hydrogen-bond acceptors (Lipinski definition) is 8. The third-order valence-corrected chi connectivity index (χ3v) is 1.62. The lowest BCUT2D eigenvalue weighted by molar-refractivity contribution is 0.103. The average Bonchev–Trinajstić information content (AvgIpc) is 2.25. The lowest BCUT2D eigenvalue weighted by atomic mass is 10.5. The number of rotatable bonds is 4. The Balaban J connectivity index is 2.94. The van der Waals surface area contributed by atoms with Crippen LogP contribution >= 0.6 is 0 Å². The minimum atomic E-state index is -0.917. The van der Waals surface area contributed by atoms with E-state index in [9.17, 15) is 4.79 Å². The van der Waals surface area contributed by atoms with Crippen molar-refractivity contribution in [1.29, 1.82) is 0 Å². The zero-order valence-corrected chi connectivity index (χ0v) is 9.60. The van der Waals surface area contributed by atoms with Gasteiger partial charge in [-0.15, -0.1) is 0 Å². The molecule has 0 aliphatic rings. The summed E-state index contributed by atoms with van der Waals surface area (Å²) >= 11 is 0. The fraction of sp³-hybridized carbons (Fsp3) is 0.444. The summed E-state index contributed by atoms with van der Waals surface area (Å²) < 4.78 is 14.4. The number of hydrogen-bond donors (Lipinski definition) is 2. The van der Waals surface area contributed by atoms with Crippen molar-refractivity contribution < 1.29 is 19.0 Å². The number of carbonyl (C=O) groups is 1. The zero-order valence-electron chi connectivity index (χ0n) is 9.60. The highest BCUT2D eigenvalue weighted by atomic mass is 16.7. The van der Waals surface area contributed by atoms with Gasteiger partial charge in [0.05, 0.1) is 13.2 Å². The largest absolute Gasteiger partial charge is 0.515 e. The summed E-state index contributed by atoms with van der Waals surface area (Å²) in [5.74, 6) is -0.222. The molecule has 0 aliphatic heterocycles. The fourth-order valence-corrected chi connectivity index (χ4v) is 0.996. The van der Waals surface area contributed by atoms with Crippen LogP contribution < -0.4 is 20.9 Å². The van der Waals surface area contributed by atoms with E-state index in [1.807, 2.05) is 0 Å². The van der Waals surface area contributed by atoms with Crippen LogP contribution in [0.2, 0.25) is 0 Å². The number of ether oxygens (including phenoxy) is 3.